The molecule has 0 fully saturated rings. The van der Waals surface area contributed by atoms with E-state index in [4.69, 9.17) is 11.6 Å². The Labute approximate surface area is 174 Å². The molecule has 1 N–H and O–H groups in total. The zero-order valence-electron chi connectivity index (χ0n) is 15.4. The molecule has 1 heterocycles. The largest absolute Gasteiger partial charge is 0.416 e. The van der Waals surface area contributed by atoms with E-state index >= 15 is 0 Å². The Hall–Kier alpha value is -2.52. The summed E-state index contributed by atoms with van der Waals surface area (Å²) in [5, 5.41) is 10.6. The second kappa shape index (κ2) is 8.46. The second-order valence-electron chi connectivity index (χ2n) is 6.17. The minimum absolute atomic E-state index is 0.0218. The fraction of sp³-hybridized carbons (Fsp3) is 0.211. The number of halogens is 4. The standard InChI is InChI=1S/C19H16ClF3N4OS/c1-11(17(28)24-15-10-13(19(21,22)23)8-9-14(15)20)29-18-26-25-16(27(18)2)12-6-4-3-5-7-12/h3-11H,1-2H3,(H,24,28)/t11-/m0/s1. The van der Waals surface area contributed by atoms with Crippen molar-refractivity contribution < 1.29 is 18.0 Å². The van der Waals surface area contributed by atoms with Crippen LogP contribution in [-0.4, -0.2) is 25.9 Å². The zero-order valence-corrected chi connectivity index (χ0v) is 16.9. The van der Waals surface area contributed by atoms with Gasteiger partial charge in [-0.15, -0.1) is 10.2 Å². The Morgan fingerprint density at radius 2 is 1.86 bits per heavy atom. The molecule has 1 atom stereocenters. The van der Waals surface area contributed by atoms with E-state index in [1.54, 1.807) is 18.5 Å². The fourth-order valence-corrected chi connectivity index (χ4v) is 3.48. The number of anilines is 1. The van der Waals surface area contributed by atoms with Crippen molar-refractivity contribution in [3.05, 3.63) is 59.1 Å². The van der Waals surface area contributed by atoms with Crippen LogP contribution in [0.25, 0.3) is 11.4 Å². The highest BCUT2D eigenvalue weighted by atomic mass is 35.5. The van der Waals surface area contributed by atoms with Gasteiger partial charge < -0.3 is 9.88 Å². The lowest BCUT2D eigenvalue weighted by molar-refractivity contribution is -0.137. The first-order valence-electron chi connectivity index (χ1n) is 8.46. The van der Waals surface area contributed by atoms with Gasteiger partial charge in [-0.1, -0.05) is 53.7 Å². The molecule has 152 valence electrons. The number of aromatic nitrogens is 3. The molecule has 0 aliphatic heterocycles. The van der Waals surface area contributed by atoms with Crippen molar-refractivity contribution in [1.82, 2.24) is 14.8 Å². The van der Waals surface area contributed by atoms with Gasteiger partial charge in [-0.2, -0.15) is 13.2 Å². The maximum absolute atomic E-state index is 12.9. The van der Waals surface area contributed by atoms with E-state index in [0.717, 1.165) is 35.5 Å². The Morgan fingerprint density at radius 1 is 1.17 bits per heavy atom. The number of thioether (sulfide) groups is 1. The lowest BCUT2D eigenvalue weighted by Gasteiger charge is -2.14. The van der Waals surface area contributed by atoms with E-state index < -0.39 is 22.9 Å². The first kappa shape index (κ1) is 21.2. The van der Waals surface area contributed by atoms with Gasteiger partial charge in [0.1, 0.15) is 0 Å². The van der Waals surface area contributed by atoms with E-state index in [2.05, 4.69) is 15.5 Å². The van der Waals surface area contributed by atoms with Crippen molar-refractivity contribution >= 4 is 35.0 Å². The molecule has 1 aromatic heterocycles. The number of carbonyl (C=O) groups is 1. The van der Waals surface area contributed by atoms with E-state index in [1.165, 1.54) is 0 Å². The van der Waals surface area contributed by atoms with Crippen LogP contribution >= 0.6 is 23.4 Å². The summed E-state index contributed by atoms with van der Waals surface area (Å²) >= 11 is 7.08. The van der Waals surface area contributed by atoms with E-state index in [1.807, 2.05) is 30.3 Å². The summed E-state index contributed by atoms with van der Waals surface area (Å²) in [6.07, 6.45) is -4.53. The third-order valence-electron chi connectivity index (χ3n) is 4.07. The van der Waals surface area contributed by atoms with Crippen LogP contribution in [0.5, 0.6) is 0 Å². The number of alkyl halides is 3. The molecular weight excluding hydrogens is 425 g/mol. The Bertz CT molecular complexity index is 1020. The highest BCUT2D eigenvalue weighted by Crippen LogP contribution is 2.34. The van der Waals surface area contributed by atoms with Crippen LogP contribution in [0, 0.1) is 0 Å². The maximum Gasteiger partial charge on any atom is 0.416 e. The van der Waals surface area contributed by atoms with Gasteiger partial charge in [0.05, 0.1) is 21.5 Å². The number of amides is 1. The van der Waals surface area contributed by atoms with Crippen LogP contribution in [0.1, 0.15) is 12.5 Å². The topological polar surface area (TPSA) is 59.8 Å². The summed E-state index contributed by atoms with van der Waals surface area (Å²) in [5.74, 6) is 0.141. The van der Waals surface area contributed by atoms with Crippen LogP contribution < -0.4 is 5.32 Å². The van der Waals surface area contributed by atoms with Crippen LogP contribution in [0.15, 0.2) is 53.7 Å². The number of hydrogen-bond donors (Lipinski definition) is 1. The summed E-state index contributed by atoms with van der Waals surface area (Å²) in [6.45, 7) is 1.62. The van der Waals surface area contributed by atoms with E-state index in [9.17, 15) is 18.0 Å². The van der Waals surface area contributed by atoms with Crippen molar-refractivity contribution in [3.8, 4) is 11.4 Å². The summed E-state index contributed by atoms with van der Waals surface area (Å²) in [5.41, 5.74) is -0.109. The molecule has 0 spiro atoms. The van der Waals surface area contributed by atoms with E-state index in [-0.39, 0.29) is 10.7 Å². The molecule has 0 aliphatic carbocycles. The summed E-state index contributed by atoms with van der Waals surface area (Å²) < 4.78 is 40.4. The molecule has 3 aromatic rings. The molecule has 0 aliphatic rings. The molecular formula is C19H16ClF3N4OS. The number of nitrogens with zero attached hydrogens (tertiary/aromatic N) is 3. The number of carbonyl (C=O) groups excluding carboxylic acids is 1. The predicted molar refractivity (Wildman–Crippen MR) is 107 cm³/mol. The Kier molecular flexibility index (Phi) is 6.18. The second-order valence-corrected chi connectivity index (χ2v) is 7.89. The van der Waals surface area contributed by atoms with Gasteiger partial charge in [0, 0.05) is 12.6 Å². The molecule has 0 saturated carbocycles. The Balaban J connectivity index is 1.73. The molecule has 10 heteroatoms. The smallest absolute Gasteiger partial charge is 0.324 e. The first-order chi connectivity index (χ1) is 13.7. The number of nitrogens with one attached hydrogen (secondary N) is 1. The van der Waals surface area contributed by atoms with Gasteiger partial charge in [-0.25, -0.2) is 0 Å². The third kappa shape index (κ3) is 4.91. The van der Waals surface area contributed by atoms with Crippen molar-refractivity contribution in [2.24, 2.45) is 7.05 Å². The van der Waals surface area contributed by atoms with E-state index in [0.29, 0.717) is 11.0 Å². The van der Waals surface area contributed by atoms with Gasteiger partial charge in [-0.05, 0) is 25.1 Å². The molecule has 0 unspecified atom stereocenters. The van der Waals surface area contributed by atoms with Crippen LogP contribution in [0.4, 0.5) is 18.9 Å². The lowest BCUT2D eigenvalue weighted by Crippen LogP contribution is -2.23. The van der Waals surface area contributed by atoms with Gasteiger partial charge in [0.15, 0.2) is 11.0 Å². The molecule has 29 heavy (non-hydrogen) atoms. The van der Waals surface area contributed by atoms with Gasteiger partial charge in [-0.3, -0.25) is 4.79 Å². The van der Waals surface area contributed by atoms with Crippen molar-refractivity contribution in [2.75, 3.05) is 5.32 Å². The molecule has 2 aromatic carbocycles. The van der Waals surface area contributed by atoms with Crippen LogP contribution in [-0.2, 0) is 18.0 Å². The zero-order chi connectivity index (χ0) is 21.2. The molecule has 3 rings (SSSR count). The molecule has 0 radical (unpaired) electrons. The predicted octanol–water partition coefficient (Wildman–Crippen LogP) is 5.27. The van der Waals surface area contributed by atoms with Gasteiger partial charge >= 0.3 is 6.18 Å². The van der Waals surface area contributed by atoms with Crippen LogP contribution in [0.2, 0.25) is 5.02 Å². The molecule has 0 bridgehead atoms. The van der Waals surface area contributed by atoms with Gasteiger partial charge in [0.25, 0.3) is 0 Å². The maximum atomic E-state index is 12.9. The summed E-state index contributed by atoms with van der Waals surface area (Å²) in [6, 6.07) is 12.2. The van der Waals surface area contributed by atoms with Crippen LogP contribution in [0.3, 0.4) is 0 Å². The summed E-state index contributed by atoms with van der Waals surface area (Å²) in [4.78, 5) is 12.5. The summed E-state index contributed by atoms with van der Waals surface area (Å²) in [7, 11) is 1.78. The first-order valence-corrected chi connectivity index (χ1v) is 9.71. The fourth-order valence-electron chi connectivity index (χ4n) is 2.50. The highest BCUT2D eigenvalue weighted by Gasteiger charge is 2.31. The molecule has 5 nitrogen and oxygen atoms in total. The number of benzene rings is 2. The third-order valence-corrected chi connectivity index (χ3v) is 5.53. The molecule has 0 saturated heterocycles. The number of rotatable bonds is 5. The van der Waals surface area contributed by atoms with Gasteiger partial charge in [0.2, 0.25) is 5.91 Å². The SMILES string of the molecule is C[C@H](Sc1nnc(-c2ccccc2)n1C)C(=O)Nc1cc(C(F)(F)F)ccc1Cl. The normalized spacial score (nSPS) is 12.6. The molecule has 1 amide bonds. The van der Waals surface area contributed by atoms with Crippen molar-refractivity contribution in [1.29, 1.82) is 0 Å². The minimum Gasteiger partial charge on any atom is -0.324 e. The monoisotopic (exact) mass is 440 g/mol. The lowest BCUT2D eigenvalue weighted by atomic mass is 10.2. The van der Waals surface area contributed by atoms with Crippen molar-refractivity contribution in [2.45, 2.75) is 23.5 Å². The van der Waals surface area contributed by atoms with Crippen molar-refractivity contribution in [3.63, 3.8) is 0 Å². The highest BCUT2D eigenvalue weighted by molar-refractivity contribution is 8.00. The average Bonchev–Trinajstić information content (AvgIpc) is 3.03. The quantitative estimate of drug-likeness (QED) is 0.549. The number of hydrogen-bond acceptors (Lipinski definition) is 4. The minimum atomic E-state index is -4.53. The average molecular weight is 441 g/mol. The Morgan fingerprint density at radius 3 is 2.52 bits per heavy atom.